The number of carboxylic acid groups (broad SMARTS) is 1. The summed E-state index contributed by atoms with van der Waals surface area (Å²) in [6.07, 6.45) is 2.55. The molecule has 0 radical (unpaired) electrons. The van der Waals surface area contributed by atoms with Crippen LogP contribution in [-0.4, -0.2) is 41.3 Å². The number of benzene rings is 1. The summed E-state index contributed by atoms with van der Waals surface area (Å²) in [6, 6.07) is 8.91. The number of likely N-dealkylation sites (tertiary alicyclic amines) is 1. The van der Waals surface area contributed by atoms with E-state index in [4.69, 9.17) is 4.74 Å². The van der Waals surface area contributed by atoms with Crippen molar-refractivity contribution in [2.24, 2.45) is 0 Å². The van der Waals surface area contributed by atoms with Crippen LogP contribution in [0.4, 0.5) is 0 Å². The maximum absolute atomic E-state index is 11.6. The van der Waals surface area contributed by atoms with Gasteiger partial charge in [-0.05, 0) is 18.4 Å². The van der Waals surface area contributed by atoms with Crippen LogP contribution < -0.4 is 0 Å². The summed E-state index contributed by atoms with van der Waals surface area (Å²) >= 11 is 0. The van der Waals surface area contributed by atoms with Crippen LogP contribution in [0.15, 0.2) is 30.3 Å². The number of nitrogens with zero attached hydrogens (tertiary/aromatic N) is 1. The van der Waals surface area contributed by atoms with Crippen LogP contribution >= 0.6 is 0 Å². The lowest BCUT2D eigenvalue weighted by molar-refractivity contribution is -0.147. The maximum atomic E-state index is 11.6. The van der Waals surface area contributed by atoms with Crippen molar-refractivity contribution in [2.45, 2.75) is 31.1 Å². The van der Waals surface area contributed by atoms with E-state index in [-0.39, 0.29) is 12.2 Å². The Morgan fingerprint density at radius 1 is 1.22 bits per heavy atom. The Morgan fingerprint density at radius 2 is 1.83 bits per heavy atom. The first-order valence-electron chi connectivity index (χ1n) is 6.41. The van der Waals surface area contributed by atoms with Gasteiger partial charge >= 0.3 is 5.97 Å². The van der Waals surface area contributed by atoms with Gasteiger partial charge in [-0.25, -0.2) is 0 Å². The lowest BCUT2D eigenvalue weighted by atomic mass is 10.0. The van der Waals surface area contributed by atoms with Crippen LogP contribution in [0.3, 0.4) is 0 Å². The molecule has 3 atom stereocenters. The van der Waals surface area contributed by atoms with Crippen LogP contribution in [0, 0.1) is 0 Å². The highest BCUT2D eigenvalue weighted by molar-refractivity contribution is 5.75. The highest BCUT2D eigenvalue weighted by Gasteiger charge is 2.39. The van der Waals surface area contributed by atoms with Crippen LogP contribution in [0.1, 0.15) is 24.4 Å². The van der Waals surface area contributed by atoms with E-state index < -0.39 is 12.0 Å². The van der Waals surface area contributed by atoms with Crippen molar-refractivity contribution in [1.29, 1.82) is 0 Å². The first-order chi connectivity index (χ1) is 8.74. The van der Waals surface area contributed by atoms with Gasteiger partial charge in [0, 0.05) is 13.1 Å². The van der Waals surface area contributed by atoms with Crippen LogP contribution in [0.25, 0.3) is 0 Å². The van der Waals surface area contributed by atoms with Crippen LogP contribution in [0.2, 0.25) is 0 Å². The first kappa shape index (κ1) is 11.7. The van der Waals surface area contributed by atoms with Crippen molar-refractivity contribution in [3.05, 3.63) is 35.9 Å². The number of fused-ring (bicyclic) bond motifs is 2. The molecule has 2 fully saturated rings. The summed E-state index contributed by atoms with van der Waals surface area (Å²) in [5.74, 6) is -0.775. The number of hydrogen-bond donors (Lipinski definition) is 1. The number of aliphatic carboxylic acids is 1. The van der Waals surface area contributed by atoms with Crippen molar-refractivity contribution in [2.75, 3.05) is 13.1 Å². The second kappa shape index (κ2) is 4.71. The van der Waals surface area contributed by atoms with Gasteiger partial charge in [0.05, 0.1) is 12.2 Å². The quantitative estimate of drug-likeness (QED) is 0.882. The van der Waals surface area contributed by atoms with E-state index in [1.165, 1.54) is 0 Å². The average molecular weight is 247 g/mol. The molecule has 0 saturated carbocycles. The molecule has 2 aliphatic heterocycles. The molecule has 3 rings (SSSR count). The molecule has 2 saturated heterocycles. The molecule has 2 heterocycles. The van der Waals surface area contributed by atoms with E-state index in [9.17, 15) is 9.90 Å². The molecule has 0 amide bonds. The number of hydrogen-bond acceptors (Lipinski definition) is 3. The molecule has 96 valence electrons. The van der Waals surface area contributed by atoms with Gasteiger partial charge in [-0.3, -0.25) is 9.69 Å². The zero-order chi connectivity index (χ0) is 12.5. The average Bonchev–Trinajstić information content (AvgIpc) is 2.70. The lowest BCUT2D eigenvalue weighted by Crippen LogP contribution is -2.46. The highest BCUT2D eigenvalue weighted by Crippen LogP contribution is 2.31. The molecule has 2 bridgehead atoms. The minimum absolute atomic E-state index is 0.217. The minimum Gasteiger partial charge on any atom is -0.480 e. The van der Waals surface area contributed by atoms with Gasteiger partial charge in [-0.1, -0.05) is 30.3 Å². The molecule has 0 aromatic heterocycles. The third kappa shape index (κ3) is 2.13. The molecule has 0 aliphatic carbocycles. The number of carbonyl (C=O) groups is 1. The fourth-order valence-corrected chi connectivity index (χ4v) is 3.00. The van der Waals surface area contributed by atoms with Crippen molar-refractivity contribution >= 4 is 5.97 Å². The second-order valence-corrected chi connectivity index (χ2v) is 5.06. The Kier molecular flexibility index (Phi) is 3.06. The summed E-state index contributed by atoms with van der Waals surface area (Å²) in [4.78, 5) is 13.6. The third-order valence-electron chi connectivity index (χ3n) is 3.79. The molecule has 18 heavy (non-hydrogen) atoms. The fraction of sp³-hybridized carbons (Fsp3) is 0.500. The summed E-state index contributed by atoms with van der Waals surface area (Å²) in [7, 11) is 0. The molecule has 4 heteroatoms. The molecule has 4 nitrogen and oxygen atoms in total. The number of ether oxygens (including phenoxy) is 1. The molecule has 2 aliphatic rings. The number of carboxylic acids is 1. The lowest BCUT2D eigenvalue weighted by Gasteiger charge is -2.36. The second-order valence-electron chi connectivity index (χ2n) is 5.06. The predicted molar refractivity (Wildman–Crippen MR) is 66.3 cm³/mol. The molecule has 1 aromatic carbocycles. The Bertz CT molecular complexity index is 422. The maximum Gasteiger partial charge on any atom is 0.325 e. The van der Waals surface area contributed by atoms with Gasteiger partial charge in [-0.15, -0.1) is 0 Å². The zero-order valence-corrected chi connectivity index (χ0v) is 10.2. The van der Waals surface area contributed by atoms with Crippen molar-refractivity contribution in [3.63, 3.8) is 0 Å². The van der Waals surface area contributed by atoms with Crippen LogP contribution in [0.5, 0.6) is 0 Å². The Balaban J connectivity index is 1.84. The van der Waals surface area contributed by atoms with Gasteiger partial charge in [0.2, 0.25) is 0 Å². The summed E-state index contributed by atoms with van der Waals surface area (Å²) in [5, 5.41) is 9.49. The molecule has 1 aromatic rings. The SMILES string of the molecule is O=C(O)C(c1ccccc1)N1CC2CCC(C1)O2. The Hall–Kier alpha value is -1.39. The van der Waals surface area contributed by atoms with Gasteiger partial charge in [0.25, 0.3) is 0 Å². The van der Waals surface area contributed by atoms with Crippen molar-refractivity contribution < 1.29 is 14.6 Å². The highest BCUT2D eigenvalue weighted by atomic mass is 16.5. The molecule has 1 N–H and O–H groups in total. The smallest absolute Gasteiger partial charge is 0.325 e. The standard InChI is InChI=1S/C14H17NO3/c16-14(17)13(10-4-2-1-3-5-10)15-8-11-6-7-12(9-15)18-11/h1-5,11-13H,6-9H2,(H,16,17). The van der Waals surface area contributed by atoms with E-state index in [2.05, 4.69) is 0 Å². The topological polar surface area (TPSA) is 49.8 Å². The molecular weight excluding hydrogens is 230 g/mol. The molecular formula is C14H17NO3. The zero-order valence-electron chi connectivity index (χ0n) is 10.2. The largest absolute Gasteiger partial charge is 0.480 e. The summed E-state index contributed by atoms with van der Waals surface area (Å²) < 4.78 is 5.76. The monoisotopic (exact) mass is 247 g/mol. The number of morpholine rings is 1. The minimum atomic E-state index is -0.775. The van der Waals surface area contributed by atoms with E-state index in [0.717, 1.165) is 31.5 Å². The Labute approximate surface area is 106 Å². The fourth-order valence-electron chi connectivity index (χ4n) is 3.00. The Morgan fingerprint density at radius 3 is 2.39 bits per heavy atom. The molecule has 0 spiro atoms. The van der Waals surface area contributed by atoms with Crippen molar-refractivity contribution in [1.82, 2.24) is 4.90 Å². The third-order valence-corrected chi connectivity index (χ3v) is 3.79. The van der Waals surface area contributed by atoms with E-state index in [1.807, 2.05) is 35.2 Å². The first-order valence-corrected chi connectivity index (χ1v) is 6.41. The van der Waals surface area contributed by atoms with E-state index >= 15 is 0 Å². The van der Waals surface area contributed by atoms with Gasteiger partial charge in [0.1, 0.15) is 6.04 Å². The van der Waals surface area contributed by atoms with E-state index in [0.29, 0.717) is 0 Å². The van der Waals surface area contributed by atoms with Gasteiger partial charge in [-0.2, -0.15) is 0 Å². The molecule has 3 unspecified atom stereocenters. The summed E-state index contributed by atoms with van der Waals surface area (Å²) in [5.41, 5.74) is 0.853. The van der Waals surface area contributed by atoms with E-state index in [1.54, 1.807) is 0 Å². The van der Waals surface area contributed by atoms with Crippen LogP contribution in [-0.2, 0) is 9.53 Å². The normalized spacial score (nSPS) is 29.1. The van der Waals surface area contributed by atoms with Gasteiger partial charge in [0.15, 0.2) is 0 Å². The summed E-state index contributed by atoms with van der Waals surface area (Å²) in [6.45, 7) is 1.45. The predicted octanol–water partition coefficient (Wildman–Crippen LogP) is 1.68. The van der Waals surface area contributed by atoms with Crippen molar-refractivity contribution in [3.8, 4) is 0 Å². The van der Waals surface area contributed by atoms with Gasteiger partial charge < -0.3 is 9.84 Å². The number of rotatable bonds is 3.